The molecule has 2 nitrogen and oxygen atoms in total. The average Bonchev–Trinajstić information content (AvgIpc) is 2.54. The van der Waals surface area contributed by atoms with Crippen molar-refractivity contribution in [3.63, 3.8) is 0 Å². The highest BCUT2D eigenvalue weighted by atomic mass is 15.2. The van der Waals surface area contributed by atoms with Gasteiger partial charge in [0.25, 0.3) is 0 Å². The molecule has 22 heavy (non-hydrogen) atoms. The molecule has 0 radical (unpaired) electrons. The van der Waals surface area contributed by atoms with Crippen LogP contribution in [0.15, 0.2) is 54.6 Å². The number of nitrogens with zero attached hydrogens (tertiary/aromatic N) is 2. The van der Waals surface area contributed by atoms with E-state index < -0.39 is 0 Å². The van der Waals surface area contributed by atoms with Crippen LogP contribution in [0.2, 0.25) is 0 Å². The number of benzene rings is 2. The second-order valence-corrected chi connectivity index (χ2v) is 6.17. The maximum atomic E-state index is 2.53. The van der Waals surface area contributed by atoms with Gasteiger partial charge in [0.05, 0.1) is 0 Å². The minimum absolute atomic E-state index is 1.00. The number of likely N-dealkylation sites (N-methyl/N-ethyl adjacent to an activating group) is 1. The highest BCUT2D eigenvalue weighted by molar-refractivity contribution is 5.23. The third-order valence-corrected chi connectivity index (χ3v) is 3.92. The third-order valence-electron chi connectivity index (χ3n) is 3.92. The number of aryl methyl sites for hydroxylation is 1. The standard InChI is InChI=1S/C20H28N2/c1-4-18-11-8-12-20(15-18)17-22(14-13-21(2)3)16-19-9-6-5-7-10-19/h5-12,15H,4,13-14,16-17H2,1-3H3. The molecule has 0 aromatic heterocycles. The van der Waals surface area contributed by atoms with Crippen molar-refractivity contribution in [1.82, 2.24) is 9.80 Å². The van der Waals surface area contributed by atoms with Crippen LogP contribution in [0.4, 0.5) is 0 Å². The van der Waals surface area contributed by atoms with Crippen molar-refractivity contribution < 1.29 is 0 Å². The van der Waals surface area contributed by atoms with Crippen LogP contribution in [0, 0.1) is 0 Å². The molecule has 0 atom stereocenters. The van der Waals surface area contributed by atoms with Gasteiger partial charge in [-0.3, -0.25) is 4.90 Å². The summed E-state index contributed by atoms with van der Waals surface area (Å²) >= 11 is 0. The van der Waals surface area contributed by atoms with Crippen LogP contribution in [0.3, 0.4) is 0 Å². The Labute approximate surface area is 135 Å². The molecule has 0 heterocycles. The summed E-state index contributed by atoms with van der Waals surface area (Å²) < 4.78 is 0. The van der Waals surface area contributed by atoms with Gasteiger partial charge < -0.3 is 4.90 Å². The van der Waals surface area contributed by atoms with Crippen molar-refractivity contribution in [2.45, 2.75) is 26.4 Å². The van der Waals surface area contributed by atoms with Crippen LogP contribution >= 0.6 is 0 Å². The normalized spacial score (nSPS) is 11.3. The molecule has 0 spiro atoms. The molecule has 0 N–H and O–H groups in total. The fourth-order valence-electron chi connectivity index (χ4n) is 2.60. The molecule has 0 bridgehead atoms. The maximum Gasteiger partial charge on any atom is 0.0237 e. The Kier molecular flexibility index (Phi) is 6.63. The van der Waals surface area contributed by atoms with Gasteiger partial charge in [0.15, 0.2) is 0 Å². The van der Waals surface area contributed by atoms with Gasteiger partial charge in [-0.05, 0) is 37.2 Å². The van der Waals surface area contributed by atoms with E-state index in [1.165, 1.54) is 16.7 Å². The summed E-state index contributed by atoms with van der Waals surface area (Å²) in [5, 5.41) is 0. The summed E-state index contributed by atoms with van der Waals surface area (Å²) in [4.78, 5) is 4.78. The summed E-state index contributed by atoms with van der Waals surface area (Å²) in [5.74, 6) is 0. The number of rotatable bonds is 8. The zero-order valence-corrected chi connectivity index (χ0v) is 14.1. The molecule has 0 aliphatic heterocycles. The first-order valence-electron chi connectivity index (χ1n) is 8.16. The van der Waals surface area contributed by atoms with Gasteiger partial charge in [-0.1, -0.05) is 61.5 Å². The van der Waals surface area contributed by atoms with Crippen molar-refractivity contribution in [1.29, 1.82) is 0 Å². The quantitative estimate of drug-likeness (QED) is 0.731. The first-order valence-corrected chi connectivity index (χ1v) is 8.16. The zero-order chi connectivity index (χ0) is 15.8. The molecular weight excluding hydrogens is 268 g/mol. The van der Waals surface area contributed by atoms with Gasteiger partial charge in [-0.25, -0.2) is 0 Å². The molecule has 0 fully saturated rings. The van der Waals surface area contributed by atoms with Crippen LogP contribution in [-0.4, -0.2) is 37.0 Å². The first kappa shape index (κ1) is 16.7. The van der Waals surface area contributed by atoms with E-state index in [1.54, 1.807) is 0 Å². The molecule has 2 aromatic rings. The Balaban J connectivity index is 2.05. The Morgan fingerprint density at radius 2 is 1.36 bits per heavy atom. The molecule has 2 heteroatoms. The van der Waals surface area contributed by atoms with Gasteiger partial charge in [-0.15, -0.1) is 0 Å². The van der Waals surface area contributed by atoms with Crippen molar-refractivity contribution in [2.24, 2.45) is 0 Å². The van der Waals surface area contributed by atoms with Gasteiger partial charge in [-0.2, -0.15) is 0 Å². The minimum Gasteiger partial charge on any atom is -0.308 e. The van der Waals surface area contributed by atoms with Crippen LogP contribution in [-0.2, 0) is 19.5 Å². The van der Waals surface area contributed by atoms with Gasteiger partial charge in [0, 0.05) is 26.2 Å². The summed E-state index contributed by atoms with van der Waals surface area (Å²) in [6, 6.07) is 19.7. The lowest BCUT2D eigenvalue weighted by Gasteiger charge is -2.24. The molecule has 0 aliphatic rings. The highest BCUT2D eigenvalue weighted by Crippen LogP contribution is 2.12. The van der Waals surface area contributed by atoms with E-state index in [9.17, 15) is 0 Å². The van der Waals surface area contributed by atoms with Gasteiger partial charge in [0.2, 0.25) is 0 Å². The SMILES string of the molecule is CCc1cccc(CN(CCN(C)C)Cc2ccccc2)c1. The summed E-state index contributed by atoms with van der Waals surface area (Å²) in [6.07, 6.45) is 1.10. The molecule has 0 amide bonds. The molecule has 0 saturated carbocycles. The van der Waals surface area contributed by atoms with E-state index in [4.69, 9.17) is 0 Å². The lowest BCUT2D eigenvalue weighted by Crippen LogP contribution is -2.31. The van der Waals surface area contributed by atoms with Crippen molar-refractivity contribution in [3.8, 4) is 0 Å². The highest BCUT2D eigenvalue weighted by Gasteiger charge is 2.08. The predicted molar refractivity (Wildman–Crippen MR) is 94.9 cm³/mol. The fourth-order valence-corrected chi connectivity index (χ4v) is 2.60. The van der Waals surface area contributed by atoms with E-state index >= 15 is 0 Å². The topological polar surface area (TPSA) is 6.48 Å². The van der Waals surface area contributed by atoms with E-state index in [-0.39, 0.29) is 0 Å². The Bertz CT molecular complexity index is 549. The molecule has 0 unspecified atom stereocenters. The molecule has 2 aromatic carbocycles. The molecule has 2 rings (SSSR count). The molecule has 0 saturated heterocycles. The average molecular weight is 296 g/mol. The smallest absolute Gasteiger partial charge is 0.0237 e. The lowest BCUT2D eigenvalue weighted by atomic mass is 10.1. The summed E-state index contributed by atoms with van der Waals surface area (Å²) in [6.45, 7) is 6.40. The van der Waals surface area contributed by atoms with Crippen LogP contribution in [0.25, 0.3) is 0 Å². The van der Waals surface area contributed by atoms with Crippen LogP contribution in [0.1, 0.15) is 23.6 Å². The molecular formula is C20H28N2. The Hall–Kier alpha value is -1.64. The largest absolute Gasteiger partial charge is 0.308 e. The predicted octanol–water partition coefficient (Wildman–Crippen LogP) is 3.81. The minimum atomic E-state index is 1.00. The van der Waals surface area contributed by atoms with Gasteiger partial charge in [0.1, 0.15) is 0 Å². The van der Waals surface area contributed by atoms with Crippen molar-refractivity contribution in [2.75, 3.05) is 27.2 Å². The van der Waals surface area contributed by atoms with Crippen LogP contribution in [0.5, 0.6) is 0 Å². The Morgan fingerprint density at radius 1 is 0.727 bits per heavy atom. The lowest BCUT2D eigenvalue weighted by molar-refractivity contribution is 0.226. The monoisotopic (exact) mass is 296 g/mol. The maximum absolute atomic E-state index is 2.53. The van der Waals surface area contributed by atoms with Crippen molar-refractivity contribution >= 4 is 0 Å². The third kappa shape index (κ3) is 5.63. The van der Waals surface area contributed by atoms with Gasteiger partial charge >= 0.3 is 0 Å². The summed E-state index contributed by atoms with van der Waals surface area (Å²) in [7, 11) is 4.27. The Morgan fingerprint density at radius 3 is 2.05 bits per heavy atom. The first-order chi connectivity index (χ1) is 10.7. The zero-order valence-electron chi connectivity index (χ0n) is 14.1. The second kappa shape index (κ2) is 8.72. The molecule has 118 valence electrons. The van der Waals surface area contributed by atoms with E-state index in [2.05, 4.69) is 85.4 Å². The molecule has 0 aliphatic carbocycles. The number of hydrogen-bond donors (Lipinski definition) is 0. The summed E-state index contributed by atoms with van der Waals surface area (Å²) in [5.41, 5.74) is 4.21. The second-order valence-electron chi connectivity index (χ2n) is 6.17. The van der Waals surface area contributed by atoms with Crippen molar-refractivity contribution in [3.05, 3.63) is 71.3 Å². The number of hydrogen-bond acceptors (Lipinski definition) is 2. The van der Waals surface area contributed by atoms with Crippen LogP contribution < -0.4 is 0 Å². The van der Waals surface area contributed by atoms with E-state index in [1.807, 2.05) is 0 Å². The van der Waals surface area contributed by atoms with E-state index in [0.29, 0.717) is 0 Å². The van der Waals surface area contributed by atoms with E-state index in [0.717, 1.165) is 32.6 Å². The fraction of sp³-hybridized carbons (Fsp3) is 0.400.